The van der Waals surface area contributed by atoms with Gasteiger partial charge in [-0.1, -0.05) is 35.9 Å². The lowest BCUT2D eigenvalue weighted by molar-refractivity contribution is -0.134. The summed E-state index contributed by atoms with van der Waals surface area (Å²) in [7, 11) is 0. The number of hydrogen-bond acceptors (Lipinski definition) is 5. The summed E-state index contributed by atoms with van der Waals surface area (Å²) in [6, 6.07) is 11.2. The topological polar surface area (TPSA) is 114 Å². The number of urea groups is 2. The molecule has 3 fully saturated rings. The Hall–Kier alpha value is -3.50. The van der Waals surface area contributed by atoms with Gasteiger partial charge in [0.2, 0.25) is 5.91 Å². The second-order valence-electron chi connectivity index (χ2n) is 13.1. The number of carbonyl (C=O) groups is 3. The van der Waals surface area contributed by atoms with Crippen molar-refractivity contribution in [3.05, 3.63) is 58.1 Å². The molecule has 5 amide bonds. The number of nitrogens with two attached hydrogens (primary N) is 1. The van der Waals surface area contributed by atoms with E-state index in [9.17, 15) is 14.4 Å². The molecule has 0 radical (unpaired) electrons. The second kappa shape index (κ2) is 13.9. The lowest BCUT2D eigenvalue weighted by atomic mass is 9.99. The zero-order chi connectivity index (χ0) is 31.5. The molecule has 0 bridgehead atoms. The highest BCUT2D eigenvalue weighted by Gasteiger charge is 2.35. The lowest BCUT2D eigenvalue weighted by Gasteiger charge is -2.39. The van der Waals surface area contributed by atoms with Crippen molar-refractivity contribution in [1.82, 2.24) is 24.9 Å². The number of nitrogens with one attached hydrogen (secondary N) is 2. The van der Waals surface area contributed by atoms with E-state index >= 15 is 0 Å². The first-order valence-corrected chi connectivity index (χ1v) is 16.9. The third-order valence-corrected chi connectivity index (χ3v) is 10.5. The minimum atomic E-state index is -0.715. The summed E-state index contributed by atoms with van der Waals surface area (Å²) < 4.78 is 0. The quantitative estimate of drug-likeness (QED) is 0.405. The van der Waals surface area contributed by atoms with Crippen LogP contribution in [-0.2, 0) is 17.6 Å². The molecule has 0 spiro atoms. The van der Waals surface area contributed by atoms with E-state index in [0.717, 1.165) is 54.7 Å². The van der Waals surface area contributed by atoms with Crippen LogP contribution in [0.3, 0.4) is 0 Å². The van der Waals surface area contributed by atoms with Crippen molar-refractivity contribution in [2.45, 2.75) is 76.4 Å². The zero-order valence-electron chi connectivity index (χ0n) is 26.3. The Bertz CT molecular complexity index is 1370. The number of para-hydroxylation sites is 1. The van der Waals surface area contributed by atoms with Gasteiger partial charge < -0.3 is 36.0 Å². The molecular formula is C34H46ClN7O3. The molecule has 4 aliphatic heterocycles. The Kier molecular flexibility index (Phi) is 9.70. The highest BCUT2D eigenvalue weighted by atomic mass is 35.5. The molecule has 3 saturated heterocycles. The molecule has 2 aromatic rings. The summed E-state index contributed by atoms with van der Waals surface area (Å²) in [5.74, 6) is -0.0514. The molecule has 10 nitrogen and oxygen atoms in total. The number of benzene rings is 2. The third-order valence-electron chi connectivity index (χ3n) is 10.2. The third kappa shape index (κ3) is 7.17. The van der Waals surface area contributed by atoms with Crippen LogP contribution in [0.25, 0.3) is 0 Å². The van der Waals surface area contributed by atoms with Crippen molar-refractivity contribution in [2.24, 2.45) is 0 Å². The summed E-state index contributed by atoms with van der Waals surface area (Å²) in [4.78, 5) is 48.9. The summed E-state index contributed by atoms with van der Waals surface area (Å²) in [5.41, 5.74) is 10.3. The van der Waals surface area contributed by atoms with Crippen LogP contribution in [0.4, 0.5) is 21.0 Å². The number of nitrogen functional groups attached to an aromatic ring is 1. The summed E-state index contributed by atoms with van der Waals surface area (Å²) in [5, 5.41) is 6.61. The summed E-state index contributed by atoms with van der Waals surface area (Å²) in [6.45, 7) is 7.28. The maximum atomic E-state index is 14.0. The SMILES string of the molecule is Cc1cc(C[C@@H](NC(=O)N2CCC(N3CCc4ccccc4NC3=O)CC2)C(=O)N2CCC(N3CCCC3)CC2)cc(Cl)c1N. The van der Waals surface area contributed by atoms with Gasteiger partial charge in [-0.2, -0.15) is 0 Å². The number of amides is 5. The summed E-state index contributed by atoms with van der Waals surface area (Å²) in [6.07, 6.45) is 6.94. The smallest absolute Gasteiger partial charge is 0.322 e. The number of fused-ring (bicyclic) bond motifs is 1. The van der Waals surface area contributed by atoms with Crippen molar-refractivity contribution in [2.75, 3.05) is 56.9 Å². The highest BCUT2D eigenvalue weighted by Crippen LogP contribution is 2.27. The molecule has 1 atom stereocenters. The van der Waals surface area contributed by atoms with Crippen LogP contribution in [0.2, 0.25) is 5.02 Å². The predicted molar refractivity (Wildman–Crippen MR) is 177 cm³/mol. The Labute approximate surface area is 271 Å². The van der Waals surface area contributed by atoms with Gasteiger partial charge in [-0.05, 0) is 93.8 Å². The first-order chi connectivity index (χ1) is 21.8. The van der Waals surface area contributed by atoms with Gasteiger partial charge in [0.05, 0.1) is 10.7 Å². The van der Waals surface area contributed by atoms with Gasteiger partial charge in [-0.25, -0.2) is 9.59 Å². The van der Waals surface area contributed by atoms with Gasteiger partial charge in [-0.15, -0.1) is 0 Å². The largest absolute Gasteiger partial charge is 0.397 e. The number of piperidine rings is 2. The highest BCUT2D eigenvalue weighted by molar-refractivity contribution is 6.33. The molecule has 0 unspecified atom stereocenters. The molecule has 4 N–H and O–H groups in total. The Morgan fingerprint density at radius 2 is 1.62 bits per heavy atom. The van der Waals surface area contributed by atoms with Crippen molar-refractivity contribution in [3.8, 4) is 0 Å². The van der Waals surface area contributed by atoms with Gasteiger partial charge in [0, 0.05) is 56.9 Å². The average Bonchev–Trinajstić information content (AvgIpc) is 3.53. The van der Waals surface area contributed by atoms with Crippen LogP contribution in [0, 0.1) is 6.92 Å². The number of halogens is 1. The Morgan fingerprint density at radius 1 is 0.956 bits per heavy atom. The van der Waals surface area contributed by atoms with Crippen molar-refractivity contribution < 1.29 is 14.4 Å². The fourth-order valence-corrected chi connectivity index (χ4v) is 7.81. The van der Waals surface area contributed by atoms with Gasteiger partial charge in [0.25, 0.3) is 0 Å². The van der Waals surface area contributed by atoms with E-state index in [-0.39, 0.29) is 24.0 Å². The minimum absolute atomic E-state index is 0.0514. The number of likely N-dealkylation sites (tertiary alicyclic amines) is 3. The van der Waals surface area contributed by atoms with Crippen LogP contribution in [-0.4, -0.2) is 102 Å². The predicted octanol–water partition coefficient (Wildman–Crippen LogP) is 4.49. The number of rotatable bonds is 6. The number of nitrogens with zero attached hydrogens (tertiary/aromatic N) is 4. The molecule has 2 aromatic carbocycles. The molecule has 6 rings (SSSR count). The van der Waals surface area contributed by atoms with Gasteiger partial charge in [0.1, 0.15) is 6.04 Å². The number of hydrogen-bond donors (Lipinski definition) is 3. The van der Waals surface area contributed by atoms with E-state index in [0.29, 0.717) is 68.7 Å². The van der Waals surface area contributed by atoms with Crippen LogP contribution < -0.4 is 16.4 Å². The van der Waals surface area contributed by atoms with Crippen LogP contribution >= 0.6 is 11.6 Å². The molecule has 45 heavy (non-hydrogen) atoms. The first kappa shape index (κ1) is 31.5. The van der Waals surface area contributed by atoms with Crippen LogP contribution in [0.15, 0.2) is 36.4 Å². The maximum absolute atomic E-state index is 14.0. The monoisotopic (exact) mass is 635 g/mol. The average molecular weight is 636 g/mol. The molecule has 0 aliphatic carbocycles. The number of aryl methyl sites for hydroxylation is 1. The fourth-order valence-electron chi connectivity index (χ4n) is 7.52. The van der Waals surface area contributed by atoms with E-state index in [1.807, 2.05) is 41.0 Å². The summed E-state index contributed by atoms with van der Waals surface area (Å²) >= 11 is 6.41. The van der Waals surface area contributed by atoms with E-state index < -0.39 is 6.04 Å². The number of carbonyl (C=O) groups excluding carboxylic acids is 3. The zero-order valence-corrected chi connectivity index (χ0v) is 27.0. The van der Waals surface area contributed by atoms with E-state index in [1.165, 1.54) is 12.8 Å². The second-order valence-corrected chi connectivity index (χ2v) is 13.5. The van der Waals surface area contributed by atoms with Gasteiger partial charge in [0.15, 0.2) is 0 Å². The molecule has 0 saturated carbocycles. The van der Waals surface area contributed by atoms with Crippen LogP contribution in [0.1, 0.15) is 55.2 Å². The standard InChI is InChI=1S/C34H46ClN7O3/c1-23-20-24(21-28(35)31(23)36)22-30(32(43)40-15-9-26(10-16-40)39-13-4-5-14-39)38-33(44)41-17-11-27(12-18-41)42-19-8-25-6-2-3-7-29(25)37-34(42)45/h2-3,6-7,20-21,26-27,30H,4-5,8-19,22,36H2,1H3,(H,37,45)(H,38,44)/t30-/m1/s1. The molecule has 242 valence electrons. The van der Waals surface area contributed by atoms with Crippen molar-refractivity contribution in [1.29, 1.82) is 0 Å². The van der Waals surface area contributed by atoms with Crippen LogP contribution in [0.5, 0.6) is 0 Å². The van der Waals surface area contributed by atoms with E-state index in [2.05, 4.69) is 21.6 Å². The first-order valence-electron chi connectivity index (χ1n) is 16.5. The van der Waals surface area contributed by atoms with Crippen molar-refractivity contribution >= 4 is 40.9 Å². The minimum Gasteiger partial charge on any atom is -0.397 e. The van der Waals surface area contributed by atoms with Gasteiger partial charge in [-0.3, -0.25) is 4.79 Å². The number of anilines is 2. The molecule has 0 aromatic heterocycles. The normalized spacial score (nSPS) is 20.8. The molecular weight excluding hydrogens is 590 g/mol. The molecule has 11 heteroatoms. The van der Waals surface area contributed by atoms with Crippen molar-refractivity contribution in [3.63, 3.8) is 0 Å². The Morgan fingerprint density at radius 3 is 2.33 bits per heavy atom. The Balaban J connectivity index is 1.09. The van der Waals surface area contributed by atoms with E-state index in [1.54, 1.807) is 11.0 Å². The van der Waals surface area contributed by atoms with Gasteiger partial charge >= 0.3 is 12.1 Å². The maximum Gasteiger partial charge on any atom is 0.322 e. The lowest BCUT2D eigenvalue weighted by Crippen LogP contribution is -2.57. The van der Waals surface area contributed by atoms with E-state index in [4.69, 9.17) is 17.3 Å². The molecule has 4 aliphatic rings. The molecule has 4 heterocycles. The fraction of sp³-hybridized carbons (Fsp3) is 0.559.